The third-order valence-electron chi connectivity index (χ3n) is 2.98. The van der Waals surface area contributed by atoms with Crippen molar-refractivity contribution in [2.75, 3.05) is 18.9 Å². The van der Waals surface area contributed by atoms with E-state index in [1.807, 2.05) is 6.07 Å². The molecule has 1 aromatic carbocycles. The van der Waals surface area contributed by atoms with E-state index in [9.17, 15) is 5.11 Å². The van der Waals surface area contributed by atoms with Crippen LogP contribution in [0.1, 0.15) is 18.4 Å². The molecule has 82 valence electrons. The summed E-state index contributed by atoms with van der Waals surface area (Å²) in [4.78, 5) is 0. The number of hydrogen-bond donors (Lipinski definition) is 2. The number of hydrogen-bond acceptors (Lipinski definition) is 3. The number of aromatic hydroxyl groups is 1. The van der Waals surface area contributed by atoms with Gasteiger partial charge in [-0.25, -0.2) is 0 Å². The number of ether oxygens (including phenoxy) is 1. The molecule has 0 radical (unpaired) electrons. The lowest BCUT2D eigenvalue weighted by atomic mass is 9.92. The monoisotopic (exact) mass is 207 g/mol. The minimum atomic E-state index is 0.239. The first-order valence-corrected chi connectivity index (χ1v) is 5.41. The highest BCUT2D eigenvalue weighted by atomic mass is 16.5. The van der Waals surface area contributed by atoms with Crippen LogP contribution in [0.15, 0.2) is 18.2 Å². The Morgan fingerprint density at radius 1 is 1.33 bits per heavy atom. The zero-order chi connectivity index (χ0) is 10.7. The predicted octanol–water partition coefficient (Wildman–Crippen LogP) is 1.94. The Hall–Kier alpha value is -1.22. The summed E-state index contributed by atoms with van der Waals surface area (Å²) in [5.74, 6) is 0.911. The van der Waals surface area contributed by atoms with Crippen LogP contribution < -0.4 is 5.73 Å². The van der Waals surface area contributed by atoms with Gasteiger partial charge in [-0.15, -0.1) is 0 Å². The van der Waals surface area contributed by atoms with E-state index in [0.717, 1.165) is 38.0 Å². The maximum atomic E-state index is 9.24. The molecule has 3 heteroatoms. The van der Waals surface area contributed by atoms with Crippen LogP contribution in [0.4, 0.5) is 5.69 Å². The van der Waals surface area contributed by atoms with Crippen molar-refractivity contribution in [1.82, 2.24) is 0 Å². The van der Waals surface area contributed by atoms with Gasteiger partial charge in [0.2, 0.25) is 0 Å². The van der Waals surface area contributed by atoms with Crippen molar-refractivity contribution in [3.8, 4) is 5.75 Å². The molecule has 0 aliphatic carbocycles. The molecule has 0 bridgehead atoms. The van der Waals surface area contributed by atoms with E-state index in [2.05, 4.69) is 0 Å². The summed E-state index contributed by atoms with van der Waals surface area (Å²) in [6.07, 6.45) is 3.22. The molecule has 3 N–H and O–H groups in total. The first-order chi connectivity index (χ1) is 7.25. The Morgan fingerprint density at radius 2 is 2.07 bits per heavy atom. The molecule has 0 unspecified atom stereocenters. The minimum Gasteiger partial charge on any atom is -0.508 e. The molecule has 0 spiro atoms. The molecule has 0 aromatic heterocycles. The van der Waals surface area contributed by atoms with E-state index in [-0.39, 0.29) is 5.75 Å². The fraction of sp³-hybridized carbons (Fsp3) is 0.500. The number of nitrogen functional groups attached to an aromatic ring is 1. The molecule has 1 aliphatic heterocycles. The predicted molar refractivity (Wildman–Crippen MR) is 59.8 cm³/mol. The second kappa shape index (κ2) is 4.53. The molecule has 0 amide bonds. The molecular weight excluding hydrogens is 190 g/mol. The molecule has 0 saturated carbocycles. The number of nitrogens with two attached hydrogens (primary N) is 1. The van der Waals surface area contributed by atoms with Crippen LogP contribution in [0.25, 0.3) is 0 Å². The summed E-state index contributed by atoms with van der Waals surface area (Å²) in [7, 11) is 0. The van der Waals surface area contributed by atoms with Crippen LogP contribution in [0.3, 0.4) is 0 Å². The Bertz CT molecular complexity index is 332. The van der Waals surface area contributed by atoms with Crippen molar-refractivity contribution in [3.05, 3.63) is 23.8 Å². The zero-order valence-corrected chi connectivity index (χ0v) is 8.78. The van der Waals surface area contributed by atoms with Gasteiger partial charge in [-0.05, 0) is 36.8 Å². The van der Waals surface area contributed by atoms with Crippen molar-refractivity contribution in [1.29, 1.82) is 0 Å². The Labute approximate surface area is 89.9 Å². The Kier molecular flexibility index (Phi) is 3.11. The largest absolute Gasteiger partial charge is 0.508 e. The van der Waals surface area contributed by atoms with Gasteiger partial charge in [0.05, 0.1) is 0 Å². The van der Waals surface area contributed by atoms with Crippen molar-refractivity contribution in [2.45, 2.75) is 19.3 Å². The summed E-state index contributed by atoms with van der Waals surface area (Å²) in [6.45, 7) is 1.73. The van der Waals surface area contributed by atoms with Crippen molar-refractivity contribution < 1.29 is 9.84 Å². The maximum Gasteiger partial charge on any atom is 0.117 e. The van der Waals surface area contributed by atoms with Crippen LogP contribution in [0.5, 0.6) is 5.75 Å². The van der Waals surface area contributed by atoms with Gasteiger partial charge in [-0.3, -0.25) is 0 Å². The Morgan fingerprint density at radius 3 is 2.73 bits per heavy atom. The van der Waals surface area contributed by atoms with Gasteiger partial charge in [0.25, 0.3) is 0 Å². The van der Waals surface area contributed by atoms with Crippen LogP contribution in [-0.2, 0) is 11.2 Å². The summed E-state index contributed by atoms with van der Waals surface area (Å²) < 4.78 is 5.32. The van der Waals surface area contributed by atoms with E-state index >= 15 is 0 Å². The van der Waals surface area contributed by atoms with Crippen LogP contribution >= 0.6 is 0 Å². The molecular formula is C12H17NO2. The normalized spacial score (nSPS) is 17.9. The van der Waals surface area contributed by atoms with Gasteiger partial charge in [-0.1, -0.05) is 6.07 Å². The van der Waals surface area contributed by atoms with E-state index in [1.165, 1.54) is 0 Å². The minimum absolute atomic E-state index is 0.239. The highest BCUT2D eigenvalue weighted by molar-refractivity contribution is 5.51. The first-order valence-electron chi connectivity index (χ1n) is 5.41. The molecule has 1 aliphatic rings. The van der Waals surface area contributed by atoms with Gasteiger partial charge in [0, 0.05) is 25.0 Å². The summed E-state index contributed by atoms with van der Waals surface area (Å²) in [6, 6.07) is 5.24. The number of phenolic OH excluding ortho intramolecular Hbond substituents is 1. The number of benzene rings is 1. The van der Waals surface area contributed by atoms with Crippen molar-refractivity contribution in [3.63, 3.8) is 0 Å². The lowest BCUT2D eigenvalue weighted by molar-refractivity contribution is 0.0666. The third kappa shape index (κ3) is 2.63. The van der Waals surface area contributed by atoms with Crippen LogP contribution in [0.2, 0.25) is 0 Å². The van der Waals surface area contributed by atoms with Gasteiger partial charge < -0.3 is 15.6 Å². The lowest BCUT2D eigenvalue weighted by Gasteiger charge is -2.22. The number of rotatable bonds is 2. The van der Waals surface area contributed by atoms with E-state index in [0.29, 0.717) is 11.6 Å². The lowest BCUT2D eigenvalue weighted by Crippen LogP contribution is -2.18. The second-order valence-corrected chi connectivity index (χ2v) is 4.14. The number of phenols is 1. The summed E-state index contributed by atoms with van der Waals surface area (Å²) in [5, 5.41) is 9.24. The van der Waals surface area contributed by atoms with Crippen molar-refractivity contribution >= 4 is 5.69 Å². The summed E-state index contributed by atoms with van der Waals surface area (Å²) >= 11 is 0. The van der Waals surface area contributed by atoms with E-state index in [1.54, 1.807) is 12.1 Å². The Balaban J connectivity index is 2.03. The topological polar surface area (TPSA) is 55.5 Å². The SMILES string of the molecule is Nc1cc(O)ccc1CC1CCOCC1. The molecule has 2 rings (SSSR count). The first kappa shape index (κ1) is 10.3. The second-order valence-electron chi connectivity index (χ2n) is 4.14. The number of anilines is 1. The molecule has 1 fully saturated rings. The van der Waals surface area contributed by atoms with E-state index in [4.69, 9.17) is 10.5 Å². The quantitative estimate of drug-likeness (QED) is 0.729. The van der Waals surface area contributed by atoms with Crippen LogP contribution in [0, 0.1) is 5.92 Å². The molecule has 1 saturated heterocycles. The zero-order valence-electron chi connectivity index (χ0n) is 8.78. The molecule has 3 nitrogen and oxygen atoms in total. The third-order valence-corrected chi connectivity index (χ3v) is 2.98. The average molecular weight is 207 g/mol. The van der Waals surface area contributed by atoms with Crippen LogP contribution in [-0.4, -0.2) is 18.3 Å². The summed E-state index contributed by atoms with van der Waals surface area (Å²) in [5.41, 5.74) is 7.68. The van der Waals surface area contributed by atoms with Crippen molar-refractivity contribution in [2.24, 2.45) is 5.92 Å². The molecule has 1 aromatic rings. The smallest absolute Gasteiger partial charge is 0.117 e. The average Bonchev–Trinajstić information content (AvgIpc) is 2.24. The molecule has 0 atom stereocenters. The fourth-order valence-corrected chi connectivity index (χ4v) is 2.03. The fourth-order valence-electron chi connectivity index (χ4n) is 2.03. The van der Waals surface area contributed by atoms with Gasteiger partial charge in [0.15, 0.2) is 0 Å². The van der Waals surface area contributed by atoms with E-state index < -0.39 is 0 Å². The highest BCUT2D eigenvalue weighted by Gasteiger charge is 2.15. The maximum absolute atomic E-state index is 9.24. The molecule has 15 heavy (non-hydrogen) atoms. The standard InChI is InChI=1S/C12H17NO2/c13-12-8-11(14)2-1-10(12)7-9-3-5-15-6-4-9/h1-2,8-9,14H,3-7,13H2. The van der Waals surface area contributed by atoms with Gasteiger partial charge >= 0.3 is 0 Å². The highest BCUT2D eigenvalue weighted by Crippen LogP contribution is 2.25. The van der Waals surface area contributed by atoms with Gasteiger partial charge in [-0.2, -0.15) is 0 Å². The van der Waals surface area contributed by atoms with Gasteiger partial charge in [0.1, 0.15) is 5.75 Å². The molecule has 1 heterocycles.